The number of nitrogens with one attached hydrogen (secondary N) is 1. The van der Waals surface area contributed by atoms with Crippen molar-refractivity contribution >= 4 is 11.6 Å². The van der Waals surface area contributed by atoms with Gasteiger partial charge in [-0.2, -0.15) is 0 Å². The molecule has 1 heterocycles. The molecule has 0 aliphatic carbocycles. The fourth-order valence-corrected chi connectivity index (χ4v) is 2.46. The highest BCUT2D eigenvalue weighted by molar-refractivity contribution is 5.90. The first kappa shape index (κ1) is 14.5. The van der Waals surface area contributed by atoms with Crippen molar-refractivity contribution < 1.29 is 18.3 Å². The van der Waals surface area contributed by atoms with Gasteiger partial charge in [-0.15, -0.1) is 0 Å². The third kappa shape index (κ3) is 3.24. The summed E-state index contributed by atoms with van der Waals surface area (Å²) in [5.41, 5.74) is 2.19. The van der Waals surface area contributed by atoms with Crippen LogP contribution in [0, 0.1) is 11.6 Å². The van der Waals surface area contributed by atoms with Crippen LogP contribution in [0.4, 0.5) is 14.5 Å². The highest BCUT2D eigenvalue weighted by Crippen LogP contribution is 2.26. The number of aryl methyl sites for hydroxylation is 1. The van der Waals surface area contributed by atoms with Gasteiger partial charge in [0.1, 0.15) is 17.4 Å². The van der Waals surface area contributed by atoms with Crippen molar-refractivity contribution in [2.45, 2.75) is 19.3 Å². The van der Waals surface area contributed by atoms with E-state index in [0.29, 0.717) is 13.0 Å². The van der Waals surface area contributed by atoms with Gasteiger partial charge < -0.3 is 10.1 Å². The Morgan fingerprint density at radius 1 is 1.18 bits per heavy atom. The first-order valence-corrected chi connectivity index (χ1v) is 7.11. The van der Waals surface area contributed by atoms with Crippen LogP contribution < -0.4 is 10.1 Å². The minimum Gasteiger partial charge on any atom is -0.493 e. The van der Waals surface area contributed by atoms with Crippen molar-refractivity contribution in [2.24, 2.45) is 0 Å². The standard InChI is InChI=1S/C17H15F2NO2/c18-13-3-4-15(14(19)10-13)20-17(21)6-2-11-1-5-16-12(9-11)7-8-22-16/h1,3-5,9-10H,2,6-8H2,(H,20,21). The Kier molecular flexibility index (Phi) is 4.04. The summed E-state index contributed by atoms with van der Waals surface area (Å²) >= 11 is 0. The van der Waals surface area contributed by atoms with Crippen LogP contribution >= 0.6 is 0 Å². The summed E-state index contributed by atoms with van der Waals surface area (Å²) in [5, 5.41) is 2.45. The van der Waals surface area contributed by atoms with Crippen LogP contribution in [0.25, 0.3) is 0 Å². The quantitative estimate of drug-likeness (QED) is 0.939. The van der Waals surface area contributed by atoms with E-state index >= 15 is 0 Å². The molecule has 0 atom stereocenters. The van der Waals surface area contributed by atoms with E-state index in [2.05, 4.69) is 5.32 Å². The van der Waals surface area contributed by atoms with Gasteiger partial charge in [0.2, 0.25) is 5.91 Å². The Morgan fingerprint density at radius 2 is 2.05 bits per heavy atom. The summed E-state index contributed by atoms with van der Waals surface area (Å²) in [5.74, 6) is -0.845. The Hall–Kier alpha value is -2.43. The topological polar surface area (TPSA) is 38.3 Å². The predicted octanol–water partition coefficient (Wildman–Crippen LogP) is 3.47. The SMILES string of the molecule is O=C(CCc1ccc2c(c1)CCO2)Nc1ccc(F)cc1F. The molecule has 0 radical (unpaired) electrons. The molecular formula is C17H15F2NO2. The number of anilines is 1. The molecule has 3 rings (SSSR count). The summed E-state index contributed by atoms with van der Waals surface area (Å²) in [6.07, 6.45) is 1.68. The molecule has 0 spiro atoms. The zero-order valence-corrected chi connectivity index (χ0v) is 11.9. The molecule has 0 aromatic heterocycles. The first-order valence-electron chi connectivity index (χ1n) is 7.11. The molecule has 1 aliphatic heterocycles. The normalized spacial score (nSPS) is 12.6. The minimum absolute atomic E-state index is 0.00578. The summed E-state index contributed by atoms with van der Waals surface area (Å²) < 4.78 is 31.7. The van der Waals surface area contributed by atoms with Gasteiger partial charge >= 0.3 is 0 Å². The molecule has 0 fully saturated rings. The number of fused-ring (bicyclic) bond motifs is 1. The maximum Gasteiger partial charge on any atom is 0.224 e. The lowest BCUT2D eigenvalue weighted by Crippen LogP contribution is -2.13. The van der Waals surface area contributed by atoms with Crippen molar-refractivity contribution in [1.29, 1.82) is 0 Å². The molecule has 0 saturated heterocycles. The Bertz CT molecular complexity index is 716. The molecule has 0 bridgehead atoms. The summed E-state index contributed by atoms with van der Waals surface area (Å²) in [6.45, 7) is 0.698. The molecule has 0 saturated carbocycles. The van der Waals surface area contributed by atoms with E-state index in [4.69, 9.17) is 4.74 Å². The maximum atomic E-state index is 13.5. The van der Waals surface area contributed by atoms with E-state index in [1.165, 1.54) is 6.07 Å². The van der Waals surface area contributed by atoms with Crippen molar-refractivity contribution in [2.75, 3.05) is 11.9 Å². The van der Waals surface area contributed by atoms with E-state index in [-0.39, 0.29) is 18.0 Å². The van der Waals surface area contributed by atoms with Gasteiger partial charge in [-0.25, -0.2) is 8.78 Å². The molecule has 1 amide bonds. The van der Waals surface area contributed by atoms with Gasteiger partial charge in [-0.05, 0) is 35.7 Å². The highest BCUT2D eigenvalue weighted by Gasteiger charge is 2.13. The van der Waals surface area contributed by atoms with Crippen molar-refractivity contribution in [3.63, 3.8) is 0 Å². The van der Waals surface area contributed by atoms with Gasteiger partial charge in [0, 0.05) is 18.9 Å². The average Bonchev–Trinajstić information content (AvgIpc) is 2.95. The molecule has 22 heavy (non-hydrogen) atoms. The van der Waals surface area contributed by atoms with Gasteiger partial charge in [0.15, 0.2) is 0 Å². The lowest BCUT2D eigenvalue weighted by atomic mass is 10.0. The second-order valence-electron chi connectivity index (χ2n) is 5.21. The van der Waals surface area contributed by atoms with Crippen LogP contribution in [-0.4, -0.2) is 12.5 Å². The molecule has 3 nitrogen and oxygen atoms in total. The number of ether oxygens (including phenoxy) is 1. The predicted molar refractivity (Wildman–Crippen MR) is 78.9 cm³/mol. The number of carbonyl (C=O) groups is 1. The minimum atomic E-state index is -0.775. The zero-order chi connectivity index (χ0) is 15.5. The van der Waals surface area contributed by atoms with E-state index in [1.54, 1.807) is 0 Å². The van der Waals surface area contributed by atoms with E-state index in [0.717, 1.165) is 35.4 Å². The number of benzene rings is 2. The van der Waals surface area contributed by atoms with Crippen molar-refractivity contribution in [1.82, 2.24) is 0 Å². The molecule has 1 N–H and O–H groups in total. The van der Waals surface area contributed by atoms with Crippen LogP contribution in [-0.2, 0) is 17.6 Å². The van der Waals surface area contributed by atoms with Crippen LogP contribution in [0.1, 0.15) is 17.5 Å². The third-order valence-corrected chi connectivity index (χ3v) is 3.60. The smallest absolute Gasteiger partial charge is 0.224 e. The lowest BCUT2D eigenvalue weighted by molar-refractivity contribution is -0.116. The van der Waals surface area contributed by atoms with E-state index in [1.807, 2.05) is 18.2 Å². The van der Waals surface area contributed by atoms with Crippen molar-refractivity contribution in [3.05, 3.63) is 59.2 Å². The molecule has 5 heteroatoms. The third-order valence-electron chi connectivity index (χ3n) is 3.60. The Morgan fingerprint density at radius 3 is 2.86 bits per heavy atom. The van der Waals surface area contributed by atoms with Crippen LogP contribution in [0.5, 0.6) is 5.75 Å². The van der Waals surface area contributed by atoms with Crippen LogP contribution in [0.15, 0.2) is 36.4 Å². The van der Waals surface area contributed by atoms with Gasteiger partial charge in [-0.3, -0.25) is 4.79 Å². The van der Waals surface area contributed by atoms with Crippen LogP contribution in [0.3, 0.4) is 0 Å². The van der Waals surface area contributed by atoms with Gasteiger partial charge in [-0.1, -0.05) is 12.1 Å². The molecule has 0 unspecified atom stereocenters. The van der Waals surface area contributed by atoms with E-state index < -0.39 is 11.6 Å². The monoisotopic (exact) mass is 303 g/mol. The largest absolute Gasteiger partial charge is 0.493 e. The highest BCUT2D eigenvalue weighted by atomic mass is 19.1. The molecule has 2 aromatic rings. The second kappa shape index (κ2) is 6.13. The maximum absolute atomic E-state index is 13.5. The molecule has 114 valence electrons. The fourth-order valence-electron chi connectivity index (χ4n) is 2.46. The summed E-state index contributed by atoms with van der Waals surface area (Å²) in [7, 11) is 0. The second-order valence-corrected chi connectivity index (χ2v) is 5.21. The van der Waals surface area contributed by atoms with Gasteiger partial charge in [0.05, 0.1) is 12.3 Å². The van der Waals surface area contributed by atoms with Gasteiger partial charge in [0.25, 0.3) is 0 Å². The summed E-state index contributed by atoms with van der Waals surface area (Å²) in [4.78, 5) is 11.9. The van der Waals surface area contributed by atoms with E-state index in [9.17, 15) is 13.6 Å². The number of halogens is 2. The average molecular weight is 303 g/mol. The van der Waals surface area contributed by atoms with Crippen LogP contribution in [0.2, 0.25) is 0 Å². The molecular weight excluding hydrogens is 288 g/mol. The fraction of sp³-hybridized carbons (Fsp3) is 0.235. The number of amides is 1. The Labute approximate surface area is 126 Å². The molecule has 1 aliphatic rings. The number of hydrogen-bond acceptors (Lipinski definition) is 2. The number of hydrogen-bond donors (Lipinski definition) is 1. The van der Waals surface area contributed by atoms with Crippen molar-refractivity contribution in [3.8, 4) is 5.75 Å². The summed E-state index contributed by atoms with van der Waals surface area (Å²) in [6, 6.07) is 8.95. The Balaban J connectivity index is 1.58. The first-order chi connectivity index (χ1) is 10.6. The molecule has 2 aromatic carbocycles. The lowest BCUT2D eigenvalue weighted by Gasteiger charge is -2.07. The zero-order valence-electron chi connectivity index (χ0n) is 11.9. The number of carbonyl (C=O) groups excluding carboxylic acids is 1. The number of rotatable bonds is 4.